The van der Waals surface area contributed by atoms with Crippen molar-refractivity contribution in [1.29, 1.82) is 0 Å². The molecule has 1 heterocycles. The van der Waals surface area contributed by atoms with Crippen molar-refractivity contribution >= 4 is 22.4 Å². The van der Waals surface area contributed by atoms with Gasteiger partial charge in [-0.05, 0) is 43.2 Å². The number of carboxylic acids is 1. The Kier molecular flexibility index (Phi) is 4.58. The van der Waals surface area contributed by atoms with Crippen LogP contribution in [0.5, 0.6) is 0 Å². The van der Waals surface area contributed by atoms with Gasteiger partial charge in [-0.3, -0.25) is 0 Å². The van der Waals surface area contributed by atoms with Gasteiger partial charge in [0.05, 0.1) is 6.61 Å². The number of hydrogen-bond acceptors (Lipinski definition) is 2. The molecule has 1 N–H and O–H groups in total. The first-order valence-electron chi connectivity index (χ1n) is 6.70. The summed E-state index contributed by atoms with van der Waals surface area (Å²) >= 11 is 0. The van der Waals surface area contributed by atoms with Crippen LogP contribution in [0.3, 0.4) is 0 Å². The van der Waals surface area contributed by atoms with Crippen molar-refractivity contribution in [3.05, 3.63) is 42.1 Å². The highest BCUT2D eigenvalue weighted by atomic mass is 16.5. The maximum absolute atomic E-state index is 10.7. The molecule has 106 valence electrons. The lowest BCUT2D eigenvalue weighted by Crippen LogP contribution is -2.04. The summed E-state index contributed by atoms with van der Waals surface area (Å²) < 4.78 is 7.51. The van der Waals surface area contributed by atoms with E-state index >= 15 is 0 Å². The number of fused-ring (bicyclic) bond motifs is 1. The van der Waals surface area contributed by atoms with Crippen LogP contribution in [-0.4, -0.2) is 28.9 Å². The molecule has 4 heteroatoms. The average Bonchev–Trinajstić information content (AvgIpc) is 2.81. The van der Waals surface area contributed by atoms with Crippen molar-refractivity contribution in [2.45, 2.75) is 20.4 Å². The number of ether oxygens (including phenoxy) is 1. The standard InChI is InChI=1S/C16H19NO3/c1-3-20-9-8-17-7-6-14-11-13(4-5-15(14)17)12(2)10-16(18)19/h4-7,10-11H,3,8-9H2,1-2H3,(H,18,19). The normalized spacial score (nSPS) is 12.0. The lowest BCUT2D eigenvalue weighted by atomic mass is 10.1. The Morgan fingerprint density at radius 2 is 2.20 bits per heavy atom. The van der Waals surface area contributed by atoms with Crippen LogP contribution in [0.1, 0.15) is 19.4 Å². The molecule has 0 aliphatic carbocycles. The van der Waals surface area contributed by atoms with Gasteiger partial charge in [-0.15, -0.1) is 0 Å². The molecule has 0 aliphatic heterocycles. The highest BCUT2D eigenvalue weighted by Crippen LogP contribution is 2.22. The second-order valence-electron chi connectivity index (χ2n) is 4.65. The Bertz CT molecular complexity index is 640. The maximum atomic E-state index is 10.7. The summed E-state index contributed by atoms with van der Waals surface area (Å²) in [6.45, 7) is 6.03. The Morgan fingerprint density at radius 3 is 2.90 bits per heavy atom. The van der Waals surface area contributed by atoms with Gasteiger partial charge in [0.15, 0.2) is 0 Å². The molecule has 0 saturated heterocycles. The van der Waals surface area contributed by atoms with Crippen LogP contribution in [0.15, 0.2) is 36.5 Å². The number of rotatable bonds is 6. The van der Waals surface area contributed by atoms with Crippen LogP contribution < -0.4 is 0 Å². The van der Waals surface area contributed by atoms with Crippen LogP contribution in [0, 0.1) is 0 Å². The van der Waals surface area contributed by atoms with Crippen LogP contribution in [0.25, 0.3) is 16.5 Å². The molecule has 0 bridgehead atoms. The van der Waals surface area contributed by atoms with E-state index in [-0.39, 0.29) is 0 Å². The van der Waals surface area contributed by atoms with Gasteiger partial charge in [-0.2, -0.15) is 0 Å². The number of allylic oxidation sites excluding steroid dienone is 1. The topological polar surface area (TPSA) is 51.5 Å². The van der Waals surface area contributed by atoms with Crippen molar-refractivity contribution < 1.29 is 14.6 Å². The molecule has 0 unspecified atom stereocenters. The van der Waals surface area contributed by atoms with E-state index in [1.165, 1.54) is 6.08 Å². The van der Waals surface area contributed by atoms with E-state index in [2.05, 4.69) is 4.57 Å². The van der Waals surface area contributed by atoms with Gasteiger partial charge in [0.25, 0.3) is 0 Å². The molecule has 0 aliphatic rings. The molecule has 1 aromatic heterocycles. The predicted molar refractivity (Wildman–Crippen MR) is 79.7 cm³/mol. The van der Waals surface area contributed by atoms with Crippen molar-refractivity contribution in [2.75, 3.05) is 13.2 Å². The first-order valence-corrected chi connectivity index (χ1v) is 6.70. The number of aliphatic carboxylic acids is 1. The molecule has 0 amide bonds. The molecular formula is C16H19NO3. The molecule has 1 aromatic carbocycles. The molecule has 20 heavy (non-hydrogen) atoms. The molecule has 2 aromatic rings. The van der Waals surface area contributed by atoms with E-state index in [9.17, 15) is 4.79 Å². The predicted octanol–water partition coefficient (Wildman–Crippen LogP) is 3.17. The minimum Gasteiger partial charge on any atom is -0.478 e. The van der Waals surface area contributed by atoms with E-state index in [0.29, 0.717) is 6.61 Å². The van der Waals surface area contributed by atoms with Crippen LogP contribution in [-0.2, 0) is 16.1 Å². The highest BCUT2D eigenvalue weighted by Gasteiger charge is 2.04. The van der Waals surface area contributed by atoms with Crippen LogP contribution in [0.4, 0.5) is 0 Å². The second-order valence-corrected chi connectivity index (χ2v) is 4.65. The molecule has 4 nitrogen and oxygen atoms in total. The fourth-order valence-electron chi connectivity index (χ4n) is 2.22. The van der Waals surface area contributed by atoms with Crippen molar-refractivity contribution in [3.63, 3.8) is 0 Å². The number of carbonyl (C=O) groups is 1. The zero-order chi connectivity index (χ0) is 14.5. The Balaban J connectivity index is 2.26. The molecule has 0 spiro atoms. The summed E-state index contributed by atoms with van der Waals surface area (Å²) in [6.07, 6.45) is 3.26. The van der Waals surface area contributed by atoms with Gasteiger partial charge in [0.1, 0.15) is 0 Å². The molecule has 0 saturated carbocycles. The summed E-state index contributed by atoms with van der Waals surface area (Å²) in [6, 6.07) is 8.03. The van der Waals surface area contributed by atoms with E-state index in [1.807, 2.05) is 37.4 Å². The zero-order valence-corrected chi connectivity index (χ0v) is 11.8. The third-order valence-corrected chi connectivity index (χ3v) is 3.25. The Morgan fingerprint density at radius 1 is 1.40 bits per heavy atom. The fourth-order valence-corrected chi connectivity index (χ4v) is 2.22. The van der Waals surface area contributed by atoms with Crippen LogP contribution >= 0.6 is 0 Å². The summed E-state index contributed by atoms with van der Waals surface area (Å²) in [5.41, 5.74) is 2.82. The van der Waals surface area contributed by atoms with Gasteiger partial charge in [-0.1, -0.05) is 6.07 Å². The maximum Gasteiger partial charge on any atom is 0.328 e. The smallest absolute Gasteiger partial charge is 0.328 e. The van der Waals surface area contributed by atoms with Gasteiger partial charge in [-0.25, -0.2) is 4.79 Å². The second kappa shape index (κ2) is 6.39. The molecule has 0 atom stereocenters. The Labute approximate surface area is 118 Å². The third kappa shape index (κ3) is 3.27. The monoisotopic (exact) mass is 273 g/mol. The SMILES string of the molecule is CCOCCn1ccc2cc(C(C)=CC(=O)O)ccc21. The third-order valence-electron chi connectivity index (χ3n) is 3.25. The van der Waals surface area contributed by atoms with Gasteiger partial charge < -0.3 is 14.4 Å². The largest absolute Gasteiger partial charge is 0.478 e. The van der Waals surface area contributed by atoms with Gasteiger partial charge >= 0.3 is 5.97 Å². The number of nitrogens with zero attached hydrogens (tertiary/aromatic N) is 1. The Hall–Kier alpha value is -2.07. The molecular weight excluding hydrogens is 254 g/mol. The van der Waals surface area contributed by atoms with E-state index in [0.717, 1.165) is 35.2 Å². The van der Waals surface area contributed by atoms with E-state index < -0.39 is 5.97 Å². The van der Waals surface area contributed by atoms with Gasteiger partial charge in [0.2, 0.25) is 0 Å². The summed E-state index contributed by atoms with van der Waals surface area (Å²) in [5.74, 6) is -0.920. The van der Waals surface area contributed by atoms with E-state index in [4.69, 9.17) is 9.84 Å². The zero-order valence-electron chi connectivity index (χ0n) is 11.8. The van der Waals surface area contributed by atoms with Crippen molar-refractivity contribution in [2.24, 2.45) is 0 Å². The number of hydrogen-bond donors (Lipinski definition) is 1. The van der Waals surface area contributed by atoms with Crippen LogP contribution in [0.2, 0.25) is 0 Å². The van der Waals surface area contributed by atoms with Crippen molar-refractivity contribution in [1.82, 2.24) is 4.57 Å². The summed E-state index contributed by atoms with van der Waals surface area (Å²) in [7, 11) is 0. The fraction of sp³-hybridized carbons (Fsp3) is 0.312. The summed E-state index contributed by atoms with van der Waals surface area (Å²) in [4.78, 5) is 10.7. The molecule has 2 rings (SSSR count). The average molecular weight is 273 g/mol. The van der Waals surface area contributed by atoms with Crippen molar-refractivity contribution in [3.8, 4) is 0 Å². The van der Waals surface area contributed by atoms with Gasteiger partial charge in [0, 0.05) is 36.3 Å². The van der Waals surface area contributed by atoms with E-state index in [1.54, 1.807) is 6.92 Å². The lowest BCUT2D eigenvalue weighted by Gasteiger charge is -2.06. The first kappa shape index (κ1) is 14.3. The number of aromatic nitrogens is 1. The molecule has 0 fully saturated rings. The highest BCUT2D eigenvalue weighted by molar-refractivity contribution is 5.91. The minimum absolute atomic E-state index is 0.694. The minimum atomic E-state index is -0.920. The number of carboxylic acid groups (broad SMARTS) is 1. The lowest BCUT2D eigenvalue weighted by molar-refractivity contribution is -0.131. The number of benzene rings is 1. The first-order chi connectivity index (χ1) is 9.61. The summed E-state index contributed by atoms with van der Waals surface area (Å²) in [5, 5.41) is 9.90. The molecule has 0 radical (unpaired) electrons. The quantitative estimate of drug-likeness (QED) is 0.649.